The molecule has 0 aliphatic heterocycles. The van der Waals surface area contributed by atoms with Gasteiger partial charge in [-0.3, -0.25) is 4.79 Å². The summed E-state index contributed by atoms with van der Waals surface area (Å²) < 4.78 is 20.3. The van der Waals surface area contributed by atoms with Gasteiger partial charge in [-0.2, -0.15) is 0 Å². The Bertz CT molecular complexity index is 1180. The van der Waals surface area contributed by atoms with Gasteiger partial charge in [0.25, 0.3) is 5.91 Å². The zero-order valence-electron chi connectivity index (χ0n) is 16.5. The Morgan fingerprint density at radius 2 is 2.03 bits per heavy atom. The van der Waals surface area contributed by atoms with Gasteiger partial charge < -0.3 is 15.2 Å². The van der Waals surface area contributed by atoms with Gasteiger partial charge in [-0.15, -0.1) is 16.4 Å². The van der Waals surface area contributed by atoms with Gasteiger partial charge in [0.1, 0.15) is 11.6 Å². The SMILES string of the molecule is COc1ccc(C(O)CNC(=O)c2nc(-c3cccs3)n(-c3cccc(F)c3)n2)cc1. The van der Waals surface area contributed by atoms with Crippen molar-refractivity contribution in [1.82, 2.24) is 20.1 Å². The first-order valence-electron chi connectivity index (χ1n) is 9.42. The Balaban J connectivity index is 1.54. The zero-order valence-corrected chi connectivity index (χ0v) is 17.3. The van der Waals surface area contributed by atoms with E-state index in [-0.39, 0.29) is 12.4 Å². The van der Waals surface area contributed by atoms with E-state index in [0.29, 0.717) is 22.8 Å². The second kappa shape index (κ2) is 9.07. The minimum atomic E-state index is -0.906. The summed E-state index contributed by atoms with van der Waals surface area (Å²) in [6.07, 6.45) is -0.906. The van der Waals surface area contributed by atoms with Crippen molar-refractivity contribution in [3.63, 3.8) is 0 Å². The average molecular weight is 438 g/mol. The van der Waals surface area contributed by atoms with Crippen LogP contribution < -0.4 is 10.1 Å². The number of carbonyl (C=O) groups is 1. The van der Waals surface area contributed by atoms with Crippen LogP contribution in [0.25, 0.3) is 16.4 Å². The van der Waals surface area contributed by atoms with Crippen molar-refractivity contribution in [2.24, 2.45) is 0 Å². The fourth-order valence-corrected chi connectivity index (χ4v) is 3.67. The lowest BCUT2D eigenvalue weighted by Gasteiger charge is -2.12. The number of thiophene rings is 1. The molecule has 2 aromatic heterocycles. The van der Waals surface area contributed by atoms with Crippen LogP contribution >= 0.6 is 11.3 Å². The first-order chi connectivity index (χ1) is 15.0. The third kappa shape index (κ3) is 4.62. The van der Waals surface area contributed by atoms with Gasteiger partial charge in [-0.05, 0) is 47.3 Å². The van der Waals surface area contributed by atoms with Crippen molar-refractivity contribution in [2.45, 2.75) is 6.10 Å². The second-order valence-corrected chi connectivity index (χ2v) is 7.57. The molecule has 1 amide bonds. The maximum atomic E-state index is 13.7. The van der Waals surface area contributed by atoms with Gasteiger partial charge in [0.2, 0.25) is 5.82 Å². The van der Waals surface area contributed by atoms with Gasteiger partial charge >= 0.3 is 0 Å². The van der Waals surface area contributed by atoms with Crippen LogP contribution in [0.5, 0.6) is 5.75 Å². The minimum absolute atomic E-state index is 0.0198. The molecule has 0 bridgehead atoms. The number of aliphatic hydroxyl groups excluding tert-OH is 1. The number of benzene rings is 2. The summed E-state index contributed by atoms with van der Waals surface area (Å²) in [5.74, 6) is 0.0727. The molecule has 2 N–H and O–H groups in total. The predicted molar refractivity (Wildman–Crippen MR) is 115 cm³/mol. The third-order valence-electron chi connectivity index (χ3n) is 4.56. The molecule has 1 atom stereocenters. The Hall–Kier alpha value is -3.56. The molecule has 4 aromatic rings. The largest absolute Gasteiger partial charge is 0.497 e. The Labute approximate surface area is 181 Å². The van der Waals surface area contributed by atoms with E-state index in [1.165, 1.54) is 28.2 Å². The van der Waals surface area contributed by atoms with Crippen LogP contribution in [0.4, 0.5) is 4.39 Å². The molecule has 7 nitrogen and oxygen atoms in total. The lowest BCUT2D eigenvalue weighted by atomic mass is 10.1. The highest BCUT2D eigenvalue weighted by atomic mass is 32.1. The van der Waals surface area contributed by atoms with Crippen LogP contribution in [0.15, 0.2) is 66.0 Å². The summed E-state index contributed by atoms with van der Waals surface area (Å²) in [6, 6.07) is 16.5. The first-order valence-corrected chi connectivity index (χ1v) is 10.3. The minimum Gasteiger partial charge on any atom is -0.497 e. The van der Waals surface area contributed by atoms with Crippen LogP contribution in [-0.2, 0) is 0 Å². The Morgan fingerprint density at radius 3 is 2.71 bits per heavy atom. The molecule has 158 valence electrons. The Morgan fingerprint density at radius 1 is 1.23 bits per heavy atom. The van der Waals surface area contributed by atoms with Crippen molar-refractivity contribution in [3.8, 4) is 22.1 Å². The summed E-state index contributed by atoms with van der Waals surface area (Å²) in [7, 11) is 1.56. The monoisotopic (exact) mass is 438 g/mol. The lowest BCUT2D eigenvalue weighted by molar-refractivity contribution is 0.0906. The van der Waals surface area contributed by atoms with Crippen molar-refractivity contribution in [3.05, 3.63) is 83.2 Å². The van der Waals surface area contributed by atoms with Crippen LogP contribution in [-0.4, -0.2) is 39.4 Å². The van der Waals surface area contributed by atoms with E-state index in [1.54, 1.807) is 43.5 Å². The molecule has 9 heteroatoms. The second-order valence-electron chi connectivity index (χ2n) is 6.63. The molecule has 31 heavy (non-hydrogen) atoms. The molecule has 0 radical (unpaired) electrons. The summed E-state index contributed by atoms with van der Waals surface area (Å²) in [5.41, 5.74) is 1.09. The zero-order chi connectivity index (χ0) is 21.8. The molecule has 0 aliphatic rings. The average Bonchev–Trinajstić information content (AvgIpc) is 3.47. The third-order valence-corrected chi connectivity index (χ3v) is 5.43. The van der Waals surface area contributed by atoms with E-state index in [2.05, 4.69) is 15.4 Å². The maximum absolute atomic E-state index is 13.7. The van der Waals surface area contributed by atoms with Gasteiger partial charge in [-0.25, -0.2) is 14.1 Å². The number of aromatic nitrogens is 3. The number of nitrogens with one attached hydrogen (secondary N) is 1. The first kappa shape index (κ1) is 20.7. The lowest BCUT2D eigenvalue weighted by Crippen LogP contribution is -2.29. The number of aliphatic hydroxyl groups is 1. The highest BCUT2D eigenvalue weighted by molar-refractivity contribution is 7.13. The maximum Gasteiger partial charge on any atom is 0.291 e. The highest BCUT2D eigenvalue weighted by Gasteiger charge is 2.20. The van der Waals surface area contributed by atoms with Gasteiger partial charge in [0.15, 0.2) is 5.82 Å². The number of rotatable bonds is 7. The molecule has 2 aromatic carbocycles. The molecule has 2 heterocycles. The van der Waals surface area contributed by atoms with Gasteiger partial charge in [0, 0.05) is 6.54 Å². The molecular weight excluding hydrogens is 419 g/mol. The molecule has 0 saturated heterocycles. The smallest absolute Gasteiger partial charge is 0.291 e. The summed E-state index contributed by atoms with van der Waals surface area (Å²) >= 11 is 1.43. The van der Waals surface area contributed by atoms with Crippen molar-refractivity contribution in [1.29, 1.82) is 0 Å². The van der Waals surface area contributed by atoms with E-state index in [1.807, 2.05) is 17.5 Å². The normalized spacial score (nSPS) is 11.8. The van der Waals surface area contributed by atoms with E-state index < -0.39 is 17.8 Å². The van der Waals surface area contributed by atoms with Crippen LogP contribution in [0, 0.1) is 5.82 Å². The molecule has 0 fully saturated rings. The number of hydrogen-bond donors (Lipinski definition) is 2. The molecule has 0 spiro atoms. The van der Waals surface area contributed by atoms with Gasteiger partial charge in [0.05, 0.1) is 23.8 Å². The number of halogens is 1. The number of amides is 1. The number of hydrogen-bond acceptors (Lipinski definition) is 6. The molecular formula is C22H19FN4O3S. The number of methoxy groups -OCH3 is 1. The fraction of sp³-hybridized carbons (Fsp3) is 0.136. The summed E-state index contributed by atoms with van der Waals surface area (Å²) in [6.45, 7) is -0.0198. The standard InChI is InChI=1S/C22H19FN4O3S/c1-30-17-9-7-14(8-10-17)18(28)13-24-22(29)20-25-21(19-6-3-11-31-19)27(26-20)16-5-2-4-15(23)12-16/h2-12,18,28H,13H2,1H3,(H,24,29). The number of carbonyl (C=O) groups excluding carboxylic acids is 1. The molecule has 0 saturated carbocycles. The summed E-state index contributed by atoms with van der Waals surface area (Å²) in [5, 5.41) is 19.2. The van der Waals surface area contributed by atoms with Crippen molar-refractivity contribution < 1.29 is 19.0 Å². The van der Waals surface area contributed by atoms with E-state index in [0.717, 1.165) is 4.88 Å². The Kier molecular flexibility index (Phi) is 6.06. The topological polar surface area (TPSA) is 89.3 Å². The van der Waals surface area contributed by atoms with Crippen LogP contribution in [0.2, 0.25) is 0 Å². The highest BCUT2D eigenvalue weighted by Crippen LogP contribution is 2.26. The van der Waals surface area contributed by atoms with E-state index >= 15 is 0 Å². The quantitative estimate of drug-likeness (QED) is 0.460. The molecule has 4 rings (SSSR count). The van der Waals surface area contributed by atoms with Crippen LogP contribution in [0.3, 0.4) is 0 Å². The molecule has 1 unspecified atom stereocenters. The van der Waals surface area contributed by atoms with Crippen LogP contribution in [0.1, 0.15) is 22.3 Å². The predicted octanol–water partition coefficient (Wildman–Crippen LogP) is 3.61. The summed E-state index contributed by atoms with van der Waals surface area (Å²) in [4.78, 5) is 17.8. The van der Waals surface area contributed by atoms with E-state index in [9.17, 15) is 14.3 Å². The van der Waals surface area contributed by atoms with Crippen molar-refractivity contribution >= 4 is 17.2 Å². The number of nitrogens with zero attached hydrogens (tertiary/aromatic N) is 3. The van der Waals surface area contributed by atoms with Gasteiger partial charge in [-0.1, -0.05) is 24.3 Å². The fourth-order valence-electron chi connectivity index (χ4n) is 2.97. The van der Waals surface area contributed by atoms with Crippen molar-refractivity contribution in [2.75, 3.05) is 13.7 Å². The number of ether oxygens (including phenoxy) is 1. The van der Waals surface area contributed by atoms with E-state index in [4.69, 9.17) is 4.74 Å². The molecule has 0 aliphatic carbocycles.